The van der Waals surface area contributed by atoms with Crippen LogP contribution in [0.2, 0.25) is 10.0 Å². The van der Waals surface area contributed by atoms with Crippen LogP contribution < -0.4 is 14.8 Å². The molecule has 5 rings (SSSR count). The average molecular weight is 541 g/mol. The average Bonchev–Trinajstić information content (AvgIpc) is 3.22. The second-order valence-electron chi connectivity index (χ2n) is 9.60. The number of benzene rings is 2. The summed E-state index contributed by atoms with van der Waals surface area (Å²) in [6.07, 6.45) is 1.38. The fraction of sp³-hybridized carbons (Fsp3) is 0.222. The van der Waals surface area contributed by atoms with Crippen LogP contribution in [-0.2, 0) is 6.61 Å². The van der Waals surface area contributed by atoms with Crippen LogP contribution >= 0.6 is 23.2 Å². The minimum absolute atomic E-state index is 0.0906. The van der Waals surface area contributed by atoms with E-state index in [9.17, 15) is 9.18 Å². The van der Waals surface area contributed by atoms with Gasteiger partial charge < -0.3 is 14.8 Å². The zero-order valence-corrected chi connectivity index (χ0v) is 22.0. The monoisotopic (exact) mass is 540 g/mol. The van der Waals surface area contributed by atoms with Crippen molar-refractivity contribution in [3.05, 3.63) is 75.9 Å². The van der Waals surface area contributed by atoms with E-state index in [0.717, 1.165) is 0 Å². The van der Waals surface area contributed by atoms with Crippen LogP contribution in [0.25, 0.3) is 28.1 Å². The van der Waals surface area contributed by atoms with E-state index in [-0.39, 0.29) is 23.8 Å². The van der Waals surface area contributed by atoms with Crippen molar-refractivity contribution in [1.29, 1.82) is 0 Å². The van der Waals surface area contributed by atoms with Crippen molar-refractivity contribution >= 4 is 29.1 Å². The number of carbonyl (C=O) groups is 1. The number of halogens is 3. The summed E-state index contributed by atoms with van der Waals surface area (Å²) in [5, 5.41) is 8.46. The summed E-state index contributed by atoms with van der Waals surface area (Å²) in [7, 11) is 1.50. The summed E-state index contributed by atoms with van der Waals surface area (Å²) >= 11 is 12.6. The first-order valence-electron chi connectivity index (χ1n) is 11.4. The first-order valence-corrected chi connectivity index (χ1v) is 12.2. The first kappa shape index (κ1) is 25.0. The van der Waals surface area contributed by atoms with Gasteiger partial charge >= 0.3 is 0 Å². The predicted molar refractivity (Wildman–Crippen MR) is 140 cm³/mol. The lowest BCUT2D eigenvalue weighted by molar-refractivity contribution is 0.0911. The highest BCUT2D eigenvalue weighted by molar-refractivity contribution is 6.34. The Balaban J connectivity index is 1.79. The van der Waals surface area contributed by atoms with Crippen molar-refractivity contribution in [3.63, 3.8) is 0 Å². The molecule has 7 nitrogen and oxygen atoms in total. The molecule has 37 heavy (non-hydrogen) atoms. The molecule has 0 aliphatic carbocycles. The number of fused-ring (bicyclic) bond motifs is 3. The molecule has 0 saturated heterocycles. The molecule has 0 radical (unpaired) electrons. The molecule has 3 heterocycles. The number of nitrogens with zero attached hydrogens (tertiary/aromatic N) is 3. The standard InChI is InChI=1S/C27H23Cl2FN4O3/c1-27(2,3)32-26(35)23-20-13-37-22-12-21(36-4)18(17-6-5-7-31-25(17)30)11-19(22)24(20)34(33-23)16-9-14(28)8-15(29)10-16/h5-12H,13H2,1-4H3,(H,32,35). The lowest BCUT2D eigenvalue weighted by Crippen LogP contribution is -2.41. The maximum atomic E-state index is 14.7. The van der Waals surface area contributed by atoms with E-state index in [1.165, 1.54) is 13.3 Å². The van der Waals surface area contributed by atoms with Crippen molar-refractivity contribution in [1.82, 2.24) is 20.1 Å². The molecule has 190 valence electrons. The predicted octanol–water partition coefficient (Wildman–Crippen LogP) is 6.48. The van der Waals surface area contributed by atoms with E-state index in [2.05, 4.69) is 15.4 Å². The van der Waals surface area contributed by atoms with Crippen LogP contribution in [0, 0.1) is 5.95 Å². The number of hydrogen-bond donors (Lipinski definition) is 1. The third-order valence-corrected chi connectivity index (χ3v) is 6.19. The molecule has 2 aromatic heterocycles. The van der Waals surface area contributed by atoms with Crippen LogP contribution in [0.3, 0.4) is 0 Å². The van der Waals surface area contributed by atoms with Gasteiger partial charge in [-0.25, -0.2) is 9.67 Å². The summed E-state index contributed by atoms with van der Waals surface area (Å²) in [6, 6.07) is 11.7. The second-order valence-corrected chi connectivity index (χ2v) is 10.5. The molecule has 0 atom stereocenters. The van der Waals surface area contributed by atoms with Gasteiger partial charge in [-0.3, -0.25) is 4.79 Å². The highest BCUT2D eigenvalue weighted by atomic mass is 35.5. The maximum Gasteiger partial charge on any atom is 0.272 e. The van der Waals surface area contributed by atoms with Crippen LogP contribution in [-0.4, -0.2) is 33.3 Å². The fourth-order valence-corrected chi connectivity index (χ4v) is 4.79. The molecule has 0 unspecified atom stereocenters. The zero-order valence-electron chi connectivity index (χ0n) is 20.5. The third kappa shape index (κ3) is 4.74. The number of pyridine rings is 1. The summed E-state index contributed by atoms with van der Waals surface area (Å²) in [5.74, 6) is -0.0843. The van der Waals surface area contributed by atoms with E-state index in [1.54, 1.807) is 47.1 Å². The zero-order chi connectivity index (χ0) is 26.5. The van der Waals surface area contributed by atoms with Gasteiger partial charge in [0, 0.05) is 50.1 Å². The summed E-state index contributed by atoms with van der Waals surface area (Å²) in [6.45, 7) is 5.75. The molecule has 0 fully saturated rings. The lowest BCUT2D eigenvalue weighted by Gasteiger charge is -2.23. The Morgan fingerprint density at radius 3 is 2.49 bits per heavy atom. The van der Waals surface area contributed by atoms with E-state index < -0.39 is 11.5 Å². The minimum Gasteiger partial charge on any atom is -0.496 e. The molecule has 10 heteroatoms. The fourth-order valence-electron chi connectivity index (χ4n) is 4.28. The van der Waals surface area contributed by atoms with E-state index >= 15 is 0 Å². The van der Waals surface area contributed by atoms with Gasteiger partial charge in [0.25, 0.3) is 5.91 Å². The highest BCUT2D eigenvalue weighted by Gasteiger charge is 2.33. The lowest BCUT2D eigenvalue weighted by atomic mass is 9.96. The van der Waals surface area contributed by atoms with Crippen molar-refractivity contribution in [2.75, 3.05) is 7.11 Å². The van der Waals surface area contributed by atoms with Crippen LogP contribution in [0.5, 0.6) is 11.5 Å². The van der Waals surface area contributed by atoms with E-state index in [4.69, 9.17) is 32.7 Å². The third-order valence-electron chi connectivity index (χ3n) is 5.76. The van der Waals surface area contributed by atoms with Gasteiger partial charge in [-0.1, -0.05) is 23.2 Å². The Labute approximate surface area is 223 Å². The summed E-state index contributed by atoms with van der Waals surface area (Å²) in [4.78, 5) is 17.1. The molecular weight excluding hydrogens is 518 g/mol. The SMILES string of the molecule is COc1cc2c(cc1-c1cccnc1F)-c1c(c(C(=O)NC(C)(C)C)nn1-c1cc(Cl)cc(Cl)c1)CO2. The highest BCUT2D eigenvalue weighted by Crippen LogP contribution is 2.46. The van der Waals surface area contributed by atoms with E-state index in [1.807, 2.05) is 20.8 Å². The Hall–Kier alpha value is -3.62. The molecule has 1 N–H and O–H groups in total. The number of nitrogens with one attached hydrogen (secondary N) is 1. The Kier molecular flexibility index (Phi) is 6.33. The van der Waals surface area contributed by atoms with Crippen molar-refractivity contribution in [3.8, 4) is 39.6 Å². The van der Waals surface area contributed by atoms with Crippen LogP contribution in [0.15, 0.2) is 48.7 Å². The van der Waals surface area contributed by atoms with Crippen LogP contribution in [0.1, 0.15) is 36.8 Å². The molecule has 0 saturated carbocycles. The number of ether oxygens (including phenoxy) is 2. The normalized spacial score (nSPS) is 12.4. The number of carbonyl (C=O) groups excluding carboxylic acids is 1. The van der Waals surface area contributed by atoms with Gasteiger partial charge in [-0.15, -0.1) is 0 Å². The van der Waals surface area contributed by atoms with Gasteiger partial charge in [0.05, 0.1) is 18.5 Å². The van der Waals surface area contributed by atoms with Gasteiger partial charge in [0.1, 0.15) is 18.1 Å². The van der Waals surface area contributed by atoms with Gasteiger partial charge in [-0.05, 0) is 57.2 Å². The minimum atomic E-state index is -0.641. The number of methoxy groups -OCH3 is 1. The molecule has 1 aliphatic heterocycles. The van der Waals surface area contributed by atoms with Crippen LogP contribution in [0.4, 0.5) is 4.39 Å². The van der Waals surface area contributed by atoms with E-state index in [0.29, 0.717) is 49.6 Å². The van der Waals surface area contributed by atoms with Gasteiger partial charge in [0.2, 0.25) is 5.95 Å². The molecule has 2 aromatic carbocycles. The van der Waals surface area contributed by atoms with Crippen molar-refractivity contribution in [2.24, 2.45) is 0 Å². The maximum absolute atomic E-state index is 14.7. The molecule has 1 amide bonds. The number of hydrogen-bond acceptors (Lipinski definition) is 5. The molecule has 4 aromatic rings. The number of rotatable bonds is 4. The summed E-state index contributed by atoms with van der Waals surface area (Å²) in [5.41, 5.74) is 2.79. The molecule has 0 spiro atoms. The van der Waals surface area contributed by atoms with Gasteiger partial charge in [0.15, 0.2) is 5.69 Å². The van der Waals surface area contributed by atoms with Crippen molar-refractivity contribution in [2.45, 2.75) is 32.9 Å². The topological polar surface area (TPSA) is 78.3 Å². The smallest absolute Gasteiger partial charge is 0.272 e. The molecule has 1 aliphatic rings. The Morgan fingerprint density at radius 2 is 1.84 bits per heavy atom. The second kappa shape index (κ2) is 9.36. The molecule has 0 bridgehead atoms. The first-order chi connectivity index (χ1) is 17.6. The number of aromatic nitrogens is 3. The quantitative estimate of drug-likeness (QED) is 0.300. The number of amides is 1. The molecular formula is C27H23Cl2FN4O3. The largest absolute Gasteiger partial charge is 0.496 e. The summed E-state index contributed by atoms with van der Waals surface area (Å²) < 4.78 is 27.9. The van der Waals surface area contributed by atoms with Crippen molar-refractivity contribution < 1.29 is 18.7 Å². The van der Waals surface area contributed by atoms with Gasteiger partial charge in [-0.2, -0.15) is 9.49 Å². The Bertz CT molecular complexity index is 1530. The Morgan fingerprint density at radius 1 is 1.11 bits per heavy atom.